The second-order valence-electron chi connectivity index (χ2n) is 10.9. The number of carbonyl (C=O) groups is 4. The minimum absolute atomic E-state index is 0.0362. The Kier molecular flexibility index (Phi) is 16.5. The number of rotatable bonds is 22. The Morgan fingerprint density at radius 2 is 1.76 bits per heavy atom. The number of unbranched alkanes of at least 4 members (excludes halogenated alkanes) is 2. The van der Waals surface area contributed by atoms with Crippen LogP contribution >= 0.6 is 8.25 Å². The Labute approximate surface area is 286 Å². The van der Waals surface area contributed by atoms with Gasteiger partial charge >= 0.3 is 8.25 Å². The molecule has 15 heteroatoms. The number of hydrogen-bond acceptors (Lipinski definition) is 9. The molecule has 0 saturated heterocycles. The highest BCUT2D eigenvalue weighted by Crippen LogP contribution is 2.28. The van der Waals surface area contributed by atoms with Gasteiger partial charge in [0.2, 0.25) is 12.3 Å². The van der Waals surface area contributed by atoms with Gasteiger partial charge in [-0.05, 0) is 55.7 Å². The number of hydroxylamine groups is 2. The van der Waals surface area contributed by atoms with E-state index >= 15 is 0 Å². The van der Waals surface area contributed by atoms with E-state index in [-0.39, 0.29) is 36.3 Å². The van der Waals surface area contributed by atoms with Gasteiger partial charge in [-0.3, -0.25) is 33.1 Å². The molecule has 1 heterocycles. The molecule has 1 unspecified atom stereocenters. The van der Waals surface area contributed by atoms with Crippen molar-refractivity contribution in [3.05, 3.63) is 77.6 Å². The van der Waals surface area contributed by atoms with E-state index in [4.69, 9.17) is 18.9 Å². The molecule has 0 fully saturated rings. The summed E-state index contributed by atoms with van der Waals surface area (Å²) in [7, 11) is -3.21. The van der Waals surface area contributed by atoms with Gasteiger partial charge in [0, 0.05) is 11.1 Å². The number of carbonyl (C=O) groups excluding carboxylic acids is 4. The maximum atomic E-state index is 13.4. The van der Waals surface area contributed by atoms with Crippen LogP contribution in [0.25, 0.3) is 11.3 Å². The molecule has 3 atom stereocenters. The monoisotopic (exact) mass is 700 g/mol. The second-order valence-corrected chi connectivity index (χ2v) is 11.7. The third-order valence-corrected chi connectivity index (χ3v) is 7.92. The van der Waals surface area contributed by atoms with Crippen LogP contribution in [0.4, 0.5) is 0 Å². The SMILES string of the molecule is CCCCC[C@@H](C(=O)NCNC(=O)c1ccc(-c2cc(OCC)cc(C(=O)NCO[PH](=O)O)c2)o1)[C@@H](CC)N(C=O)OCc1ccccc1. The van der Waals surface area contributed by atoms with Crippen molar-refractivity contribution in [2.45, 2.75) is 65.5 Å². The van der Waals surface area contributed by atoms with Crippen LogP contribution in [0.1, 0.15) is 79.4 Å². The molecule has 1 aromatic heterocycles. The highest BCUT2D eigenvalue weighted by atomic mass is 31.1. The van der Waals surface area contributed by atoms with Crippen LogP contribution in [0.3, 0.4) is 0 Å². The molecule has 266 valence electrons. The van der Waals surface area contributed by atoms with Gasteiger partial charge < -0.3 is 30.0 Å². The molecule has 0 spiro atoms. The first kappa shape index (κ1) is 39.0. The first-order valence-electron chi connectivity index (χ1n) is 16.2. The van der Waals surface area contributed by atoms with E-state index in [1.54, 1.807) is 19.1 Å². The summed E-state index contributed by atoms with van der Waals surface area (Å²) in [6.07, 6.45) is 4.27. The summed E-state index contributed by atoms with van der Waals surface area (Å²) in [5.74, 6) is -1.47. The minimum Gasteiger partial charge on any atom is -0.494 e. The predicted molar refractivity (Wildman–Crippen MR) is 181 cm³/mol. The van der Waals surface area contributed by atoms with Crippen LogP contribution in [-0.2, 0) is 30.1 Å². The fourth-order valence-corrected chi connectivity index (χ4v) is 5.31. The van der Waals surface area contributed by atoms with Crippen molar-refractivity contribution >= 4 is 32.4 Å². The number of furan rings is 1. The van der Waals surface area contributed by atoms with Gasteiger partial charge in [-0.25, -0.2) is 5.06 Å². The molecule has 0 aliphatic heterocycles. The Morgan fingerprint density at radius 1 is 0.980 bits per heavy atom. The summed E-state index contributed by atoms with van der Waals surface area (Å²) < 4.78 is 26.7. The van der Waals surface area contributed by atoms with E-state index in [1.807, 2.05) is 37.3 Å². The summed E-state index contributed by atoms with van der Waals surface area (Å²) in [5.41, 5.74) is 1.50. The number of hydrogen-bond donors (Lipinski definition) is 4. The van der Waals surface area contributed by atoms with Crippen LogP contribution in [0.15, 0.2) is 65.1 Å². The lowest BCUT2D eigenvalue weighted by Gasteiger charge is -2.32. The molecule has 3 rings (SSSR count). The first-order chi connectivity index (χ1) is 23.7. The van der Waals surface area contributed by atoms with Crippen LogP contribution in [0.2, 0.25) is 0 Å². The molecule has 3 aromatic rings. The molecule has 0 aliphatic rings. The summed E-state index contributed by atoms with van der Waals surface area (Å²) in [4.78, 5) is 65.7. The normalized spacial score (nSPS) is 12.7. The zero-order chi connectivity index (χ0) is 35.6. The standard InChI is InChI=1S/C34H45N4O10P/c1-4-7-9-14-28(29(5-2)38(23-39)46-20-24-12-10-8-11-13-24)33(41)35-21-36-34(42)31-16-15-30(48-31)25-17-26(19-27(18-25)45-6-3)32(40)37-22-47-49(43)44/h8,10-13,15-19,23,28-29,49H,4-7,9,14,20-22H2,1-3H3,(H,35,41)(H,36,42)(H,37,40)(H,43,44)/t28-,29-/m1/s1. The van der Waals surface area contributed by atoms with Crippen LogP contribution in [-0.4, -0.2) is 60.1 Å². The van der Waals surface area contributed by atoms with E-state index < -0.39 is 38.8 Å². The van der Waals surface area contributed by atoms with E-state index in [0.29, 0.717) is 37.2 Å². The lowest BCUT2D eigenvalue weighted by Crippen LogP contribution is -2.48. The Hall–Kier alpha value is -4.49. The molecular formula is C34H45N4O10P. The molecule has 0 aliphatic carbocycles. The number of nitrogens with one attached hydrogen (secondary N) is 3. The van der Waals surface area contributed by atoms with Gasteiger partial charge in [-0.1, -0.05) is 63.4 Å². The van der Waals surface area contributed by atoms with Crippen molar-refractivity contribution < 1.29 is 47.2 Å². The fraction of sp³-hybridized carbons (Fsp3) is 0.412. The van der Waals surface area contributed by atoms with Gasteiger partial charge in [0.1, 0.15) is 24.8 Å². The smallest absolute Gasteiger partial charge is 0.318 e. The van der Waals surface area contributed by atoms with Crippen LogP contribution in [0, 0.1) is 5.92 Å². The Balaban J connectivity index is 1.66. The summed E-state index contributed by atoms with van der Waals surface area (Å²) >= 11 is 0. The molecule has 0 radical (unpaired) electrons. The van der Waals surface area contributed by atoms with Crippen molar-refractivity contribution in [2.24, 2.45) is 5.92 Å². The average Bonchev–Trinajstić information content (AvgIpc) is 3.60. The number of ether oxygens (including phenoxy) is 1. The lowest BCUT2D eigenvalue weighted by molar-refractivity contribution is -0.200. The predicted octanol–water partition coefficient (Wildman–Crippen LogP) is 4.80. The van der Waals surface area contributed by atoms with Crippen molar-refractivity contribution in [1.29, 1.82) is 0 Å². The summed E-state index contributed by atoms with van der Waals surface area (Å²) in [6.45, 7) is 5.58. The maximum Gasteiger partial charge on any atom is 0.318 e. The quantitative estimate of drug-likeness (QED) is 0.0373. The second kappa shape index (κ2) is 20.8. The summed E-state index contributed by atoms with van der Waals surface area (Å²) in [5, 5.41) is 9.00. The molecule has 2 aromatic carbocycles. The highest BCUT2D eigenvalue weighted by Gasteiger charge is 2.32. The van der Waals surface area contributed by atoms with Gasteiger partial charge in [0.25, 0.3) is 11.8 Å². The van der Waals surface area contributed by atoms with Crippen molar-refractivity contribution in [3.8, 4) is 17.1 Å². The van der Waals surface area contributed by atoms with Crippen molar-refractivity contribution in [2.75, 3.05) is 20.0 Å². The topological polar surface area (TPSA) is 186 Å². The maximum absolute atomic E-state index is 13.4. The number of nitrogens with zero attached hydrogens (tertiary/aromatic N) is 1. The van der Waals surface area contributed by atoms with E-state index in [1.165, 1.54) is 23.3 Å². The number of benzene rings is 2. The van der Waals surface area contributed by atoms with Crippen molar-refractivity contribution in [1.82, 2.24) is 21.0 Å². The van der Waals surface area contributed by atoms with Crippen LogP contribution in [0.5, 0.6) is 5.75 Å². The third kappa shape index (κ3) is 12.5. The van der Waals surface area contributed by atoms with Crippen LogP contribution < -0.4 is 20.7 Å². The largest absolute Gasteiger partial charge is 0.494 e. The molecule has 4 N–H and O–H groups in total. The van der Waals surface area contributed by atoms with Crippen molar-refractivity contribution in [3.63, 3.8) is 0 Å². The summed E-state index contributed by atoms with van der Waals surface area (Å²) in [6, 6.07) is 16.6. The van der Waals surface area contributed by atoms with Gasteiger partial charge in [-0.2, -0.15) is 0 Å². The zero-order valence-electron chi connectivity index (χ0n) is 27.9. The lowest BCUT2D eigenvalue weighted by atomic mass is 9.90. The Morgan fingerprint density at radius 3 is 2.43 bits per heavy atom. The molecule has 14 nitrogen and oxygen atoms in total. The first-order valence-corrected chi connectivity index (χ1v) is 17.4. The average molecular weight is 701 g/mol. The molecule has 0 bridgehead atoms. The zero-order valence-corrected chi connectivity index (χ0v) is 28.9. The van der Waals surface area contributed by atoms with E-state index in [9.17, 15) is 23.7 Å². The fourth-order valence-electron chi connectivity index (χ4n) is 5.11. The van der Waals surface area contributed by atoms with E-state index in [2.05, 4.69) is 27.4 Å². The van der Waals surface area contributed by atoms with Gasteiger partial charge in [0.15, 0.2) is 5.76 Å². The Bertz CT molecular complexity index is 1530. The van der Waals surface area contributed by atoms with Gasteiger partial charge in [0.05, 0.1) is 25.2 Å². The number of amides is 4. The van der Waals surface area contributed by atoms with E-state index in [0.717, 1.165) is 24.8 Å². The highest BCUT2D eigenvalue weighted by molar-refractivity contribution is 7.32. The van der Waals surface area contributed by atoms with Gasteiger partial charge in [-0.15, -0.1) is 0 Å². The molecule has 49 heavy (non-hydrogen) atoms. The molecule has 0 saturated carbocycles. The minimum atomic E-state index is -3.21. The third-order valence-electron chi connectivity index (χ3n) is 7.53. The molecular weight excluding hydrogens is 655 g/mol. The molecule has 4 amide bonds.